The van der Waals surface area contributed by atoms with Gasteiger partial charge < -0.3 is 20.5 Å². The molecular weight excluding hydrogens is 264 g/mol. The van der Waals surface area contributed by atoms with Crippen LogP contribution in [0.3, 0.4) is 0 Å². The van der Waals surface area contributed by atoms with Crippen LogP contribution >= 0.6 is 0 Å². The molecule has 4 heteroatoms. The highest BCUT2D eigenvalue weighted by Gasteiger charge is 2.21. The molecule has 1 fully saturated rings. The van der Waals surface area contributed by atoms with Crippen LogP contribution in [0, 0.1) is 0 Å². The first kappa shape index (κ1) is 13.6. The van der Waals surface area contributed by atoms with E-state index in [1.165, 1.54) is 12.8 Å². The minimum atomic E-state index is 0.513. The number of methoxy groups -OCH3 is 1. The van der Waals surface area contributed by atoms with Crippen LogP contribution in [-0.4, -0.2) is 13.2 Å². The lowest BCUT2D eigenvalue weighted by atomic mass is 10.2. The summed E-state index contributed by atoms with van der Waals surface area (Å²) in [6.07, 6.45) is 2.46. The lowest BCUT2D eigenvalue weighted by Crippen LogP contribution is -2.04. The third kappa shape index (κ3) is 3.60. The first-order valence-corrected chi connectivity index (χ1v) is 7.16. The van der Waals surface area contributed by atoms with Gasteiger partial charge in [0, 0.05) is 12.1 Å². The maximum absolute atomic E-state index is 6.05. The number of benzene rings is 2. The van der Waals surface area contributed by atoms with Gasteiger partial charge >= 0.3 is 0 Å². The number of hydrogen-bond donors (Lipinski definition) is 2. The predicted molar refractivity (Wildman–Crippen MR) is 84.8 cm³/mol. The van der Waals surface area contributed by atoms with Crippen LogP contribution in [0.4, 0.5) is 11.4 Å². The zero-order valence-corrected chi connectivity index (χ0v) is 12.1. The van der Waals surface area contributed by atoms with Gasteiger partial charge in [0.1, 0.15) is 18.1 Å². The molecule has 3 rings (SSSR count). The molecule has 21 heavy (non-hydrogen) atoms. The predicted octanol–water partition coefficient (Wildman–Crippen LogP) is 3.43. The third-order valence-corrected chi connectivity index (χ3v) is 3.52. The minimum absolute atomic E-state index is 0.513. The zero-order valence-electron chi connectivity index (χ0n) is 12.1. The summed E-state index contributed by atoms with van der Waals surface area (Å²) in [5.41, 5.74) is 8.86. The maximum Gasteiger partial charge on any atom is 0.122 e. The molecule has 1 saturated carbocycles. The van der Waals surface area contributed by atoms with Crippen LogP contribution < -0.4 is 20.5 Å². The van der Waals surface area contributed by atoms with Crippen LogP contribution in [0.1, 0.15) is 18.4 Å². The topological polar surface area (TPSA) is 56.5 Å². The summed E-state index contributed by atoms with van der Waals surface area (Å²) in [7, 11) is 1.66. The van der Waals surface area contributed by atoms with E-state index in [-0.39, 0.29) is 0 Å². The Bertz CT molecular complexity index is 607. The Hall–Kier alpha value is -2.36. The third-order valence-electron chi connectivity index (χ3n) is 3.52. The Morgan fingerprint density at radius 3 is 2.43 bits per heavy atom. The fourth-order valence-corrected chi connectivity index (χ4v) is 2.10. The monoisotopic (exact) mass is 284 g/mol. The van der Waals surface area contributed by atoms with Crippen molar-refractivity contribution in [1.82, 2.24) is 0 Å². The van der Waals surface area contributed by atoms with Crippen LogP contribution in [0.15, 0.2) is 42.5 Å². The van der Waals surface area contributed by atoms with Crippen molar-refractivity contribution in [3.8, 4) is 11.5 Å². The second-order valence-electron chi connectivity index (χ2n) is 5.30. The highest BCUT2D eigenvalue weighted by Crippen LogP contribution is 2.30. The molecule has 2 aromatic carbocycles. The smallest absolute Gasteiger partial charge is 0.122 e. The molecule has 0 heterocycles. The molecule has 0 radical (unpaired) electrons. The van der Waals surface area contributed by atoms with Crippen LogP contribution in [0.5, 0.6) is 11.5 Å². The fraction of sp³-hybridized carbons (Fsp3) is 0.294. The molecule has 0 atom stereocenters. The van der Waals surface area contributed by atoms with Crippen molar-refractivity contribution in [3.63, 3.8) is 0 Å². The van der Waals surface area contributed by atoms with Gasteiger partial charge in [-0.2, -0.15) is 0 Å². The molecule has 0 aromatic heterocycles. The fourth-order valence-electron chi connectivity index (χ4n) is 2.10. The molecular formula is C17H20N2O2. The summed E-state index contributed by atoms with van der Waals surface area (Å²) in [6.45, 7) is 0.513. The molecule has 0 bridgehead atoms. The van der Waals surface area contributed by atoms with Gasteiger partial charge in [0.05, 0.1) is 18.5 Å². The molecule has 0 unspecified atom stereocenters. The normalized spacial score (nSPS) is 13.8. The van der Waals surface area contributed by atoms with E-state index in [1.807, 2.05) is 42.5 Å². The Kier molecular flexibility index (Phi) is 3.86. The molecule has 2 aromatic rings. The number of ether oxygens (including phenoxy) is 2. The van der Waals surface area contributed by atoms with E-state index in [0.717, 1.165) is 28.4 Å². The van der Waals surface area contributed by atoms with Crippen molar-refractivity contribution in [2.24, 2.45) is 0 Å². The SMILES string of the molecule is COc1ccc(COc2ccc(NC3CC3)c(N)c2)cc1. The van der Waals surface area contributed by atoms with Gasteiger partial charge in [-0.25, -0.2) is 0 Å². The van der Waals surface area contributed by atoms with Gasteiger partial charge in [-0.05, 0) is 42.7 Å². The summed E-state index contributed by atoms with van der Waals surface area (Å²) in [4.78, 5) is 0. The van der Waals surface area contributed by atoms with Crippen molar-refractivity contribution in [3.05, 3.63) is 48.0 Å². The summed E-state index contributed by atoms with van der Waals surface area (Å²) in [6, 6.07) is 14.2. The maximum atomic E-state index is 6.05. The minimum Gasteiger partial charge on any atom is -0.497 e. The summed E-state index contributed by atoms with van der Waals surface area (Å²) in [5, 5.41) is 3.40. The molecule has 1 aliphatic carbocycles. The van der Waals surface area contributed by atoms with E-state index >= 15 is 0 Å². The molecule has 3 N–H and O–H groups in total. The second-order valence-corrected chi connectivity index (χ2v) is 5.30. The van der Waals surface area contributed by atoms with E-state index < -0.39 is 0 Å². The van der Waals surface area contributed by atoms with Crippen LogP contribution in [0.25, 0.3) is 0 Å². The average Bonchev–Trinajstić information content (AvgIpc) is 3.32. The van der Waals surface area contributed by atoms with E-state index in [2.05, 4.69) is 5.32 Å². The van der Waals surface area contributed by atoms with Crippen molar-refractivity contribution in [1.29, 1.82) is 0 Å². The number of nitrogens with two attached hydrogens (primary N) is 1. The first-order valence-electron chi connectivity index (χ1n) is 7.16. The molecule has 0 saturated heterocycles. The largest absolute Gasteiger partial charge is 0.497 e. The number of anilines is 2. The molecule has 110 valence electrons. The van der Waals surface area contributed by atoms with E-state index in [4.69, 9.17) is 15.2 Å². The molecule has 1 aliphatic rings. The van der Waals surface area contributed by atoms with E-state index in [0.29, 0.717) is 12.6 Å². The first-order chi connectivity index (χ1) is 10.2. The Balaban J connectivity index is 1.60. The average molecular weight is 284 g/mol. The van der Waals surface area contributed by atoms with Crippen molar-refractivity contribution >= 4 is 11.4 Å². The quantitative estimate of drug-likeness (QED) is 0.798. The van der Waals surface area contributed by atoms with Gasteiger partial charge in [0.15, 0.2) is 0 Å². The van der Waals surface area contributed by atoms with Crippen molar-refractivity contribution in [2.75, 3.05) is 18.2 Å². The Morgan fingerprint density at radius 1 is 1.10 bits per heavy atom. The van der Waals surface area contributed by atoms with E-state index in [1.54, 1.807) is 7.11 Å². The molecule has 0 aliphatic heterocycles. The number of nitrogens with one attached hydrogen (secondary N) is 1. The summed E-state index contributed by atoms with van der Waals surface area (Å²) in [5.74, 6) is 1.63. The zero-order chi connectivity index (χ0) is 14.7. The number of nitrogen functional groups attached to an aromatic ring is 1. The van der Waals surface area contributed by atoms with Crippen molar-refractivity contribution in [2.45, 2.75) is 25.5 Å². The van der Waals surface area contributed by atoms with Gasteiger partial charge in [0.2, 0.25) is 0 Å². The molecule has 0 amide bonds. The van der Waals surface area contributed by atoms with Gasteiger partial charge in [-0.3, -0.25) is 0 Å². The second kappa shape index (κ2) is 5.95. The molecule has 0 spiro atoms. The lowest BCUT2D eigenvalue weighted by Gasteiger charge is -2.11. The Morgan fingerprint density at radius 2 is 1.81 bits per heavy atom. The highest BCUT2D eigenvalue weighted by molar-refractivity contribution is 5.68. The summed E-state index contributed by atoms with van der Waals surface area (Å²) >= 11 is 0. The Labute approximate surface area is 124 Å². The molecule has 4 nitrogen and oxygen atoms in total. The summed E-state index contributed by atoms with van der Waals surface area (Å²) < 4.78 is 10.9. The van der Waals surface area contributed by atoms with E-state index in [9.17, 15) is 0 Å². The van der Waals surface area contributed by atoms with Crippen LogP contribution in [0.2, 0.25) is 0 Å². The van der Waals surface area contributed by atoms with Crippen molar-refractivity contribution < 1.29 is 9.47 Å². The lowest BCUT2D eigenvalue weighted by molar-refractivity contribution is 0.306. The van der Waals surface area contributed by atoms with Gasteiger partial charge in [-0.1, -0.05) is 12.1 Å². The number of hydrogen-bond acceptors (Lipinski definition) is 4. The van der Waals surface area contributed by atoms with Gasteiger partial charge in [0.25, 0.3) is 0 Å². The number of rotatable bonds is 6. The highest BCUT2D eigenvalue weighted by atomic mass is 16.5. The van der Waals surface area contributed by atoms with Gasteiger partial charge in [-0.15, -0.1) is 0 Å². The van der Waals surface area contributed by atoms with Crippen LogP contribution in [-0.2, 0) is 6.61 Å². The standard InChI is InChI=1S/C17H20N2O2/c1-20-14-6-2-12(3-7-14)11-21-15-8-9-17(16(18)10-15)19-13-4-5-13/h2-3,6-10,13,19H,4-5,11,18H2,1H3.